The first-order valence-electron chi connectivity index (χ1n) is 32.4. The van der Waals surface area contributed by atoms with E-state index in [2.05, 4.69) is 127 Å². The van der Waals surface area contributed by atoms with Crippen LogP contribution in [0.3, 0.4) is 0 Å². The normalized spacial score (nSPS) is 23.9. The number of hydrogen-bond donors (Lipinski definition) is 2. The summed E-state index contributed by atoms with van der Waals surface area (Å²) >= 11 is 3.28. The lowest BCUT2D eigenvalue weighted by Gasteiger charge is -2.41. The number of para-hydroxylation sites is 4. The minimum absolute atomic E-state index is 0. The van der Waals surface area contributed by atoms with E-state index in [9.17, 15) is 28.8 Å². The van der Waals surface area contributed by atoms with Crippen LogP contribution in [-0.4, -0.2) is 205 Å². The molecule has 89 heavy (non-hydrogen) atoms. The highest BCUT2D eigenvalue weighted by Crippen LogP contribution is 2.50. The Morgan fingerprint density at radius 1 is 0.551 bits per heavy atom. The van der Waals surface area contributed by atoms with Gasteiger partial charge in [0.15, 0.2) is 0 Å². The zero-order valence-corrected chi connectivity index (χ0v) is 54.9. The van der Waals surface area contributed by atoms with Crippen molar-refractivity contribution in [3.05, 3.63) is 119 Å². The van der Waals surface area contributed by atoms with E-state index in [1.807, 2.05) is 56.0 Å². The molecule has 6 saturated heterocycles. The number of benzene rings is 4. The fourth-order valence-corrected chi connectivity index (χ4v) is 16.5. The highest BCUT2D eigenvalue weighted by molar-refractivity contribution is 8.01. The molecular formula is C69H96N10O8S2. The summed E-state index contributed by atoms with van der Waals surface area (Å²) in [6.45, 7) is 23.2. The Morgan fingerprint density at radius 2 is 0.933 bits per heavy atom. The number of rotatable bonds is 13. The van der Waals surface area contributed by atoms with Gasteiger partial charge in [0.25, 0.3) is 11.8 Å². The molecule has 0 aliphatic carbocycles. The van der Waals surface area contributed by atoms with Gasteiger partial charge in [-0.25, -0.2) is 0 Å². The lowest BCUT2D eigenvalue weighted by molar-refractivity contribution is -0.138. The summed E-state index contributed by atoms with van der Waals surface area (Å²) in [7, 11) is 4.32. The lowest BCUT2D eigenvalue weighted by Crippen LogP contribution is -2.54. The van der Waals surface area contributed by atoms with E-state index in [1.165, 1.54) is 16.9 Å². The molecule has 6 fully saturated rings. The maximum atomic E-state index is 14.0. The zero-order chi connectivity index (χ0) is 62.6. The van der Waals surface area contributed by atoms with Crippen LogP contribution in [0.1, 0.15) is 131 Å². The smallest absolute Gasteiger partial charge is 0.255 e. The van der Waals surface area contributed by atoms with Gasteiger partial charge in [-0.2, -0.15) is 0 Å². The maximum absolute atomic E-state index is 14.0. The number of carbonyl (C=O) groups excluding carboxylic acids is 6. The van der Waals surface area contributed by atoms with E-state index in [-0.39, 0.29) is 67.3 Å². The largest absolute Gasteiger partial charge is 0.484 e. The van der Waals surface area contributed by atoms with Crippen molar-refractivity contribution in [3.63, 3.8) is 0 Å². The number of nitrogens with zero attached hydrogens (tertiary/aromatic N) is 8. The topological polar surface area (TPSA) is 171 Å². The van der Waals surface area contributed by atoms with Gasteiger partial charge in [-0.15, -0.1) is 23.5 Å². The molecule has 4 atom stereocenters. The molecule has 20 heteroatoms. The lowest BCUT2D eigenvalue weighted by atomic mass is 9.90. The first-order chi connectivity index (χ1) is 42.7. The minimum Gasteiger partial charge on any atom is -0.484 e. The quantitative estimate of drug-likeness (QED) is 0.130. The number of nitrogens with one attached hydrogen (secondary N) is 2. The molecule has 2 N–H and O–H groups in total. The molecule has 8 aliphatic rings. The van der Waals surface area contributed by atoms with Crippen molar-refractivity contribution in [1.29, 1.82) is 0 Å². The fourth-order valence-electron chi connectivity index (χ4n) is 13.5. The third-order valence-electron chi connectivity index (χ3n) is 19.2. The number of thioether (sulfide) groups is 2. The third kappa shape index (κ3) is 14.8. The third-order valence-corrected chi connectivity index (χ3v) is 22.2. The Hall–Kier alpha value is -6.48. The van der Waals surface area contributed by atoms with Crippen molar-refractivity contribution < 1.29 is 41.1 Å². The molecule has 4 aromatic carbocycles. The summed E-state index contributed by atoms with van der Waals surface area (Å²) in [5, 5.41) is 4.98. The van der Waals surface area contributed by atoms with Crippen LogP contribution in [-0.2, 0) is 19.2 Å². The van der Waals surface area contributed by atoms with Gasteiger partial charge >= 0.3 is 0 Å². The standard InChI is InChI=1S/C35H47N5O4S.C34H45N5O4S.2H2/c1-34(2,3)13-18-40-32(43)29(45-33(40)25-9-5-7-11-27(25)38-21-19-37(4)20-22-38)23-30(41)39-16-14-35(15-17-39)24-36-31(42)26-10-6-8-12-28(26)44-35;1-24(2)12-15-39-32(42)29(44-33(39)25-8-4-6-10-27(25)37-20-18-36(3)19-21-37)22-30(40)38-16-13-34(14-17-38)23-35-31(41)26-9-5-7-11-28(26)43-34;;/h5-12,29,33H,13-24H2,1-4H3,(H,36,42);4-11,24,29,33H,12-23H2,1-3H3,(H,35,41);2*1H. The molecule has 4 unspecified atom stereocenters. The van der Waals surface area contributed by atoms with E-state index in [0.29, 0.717) is 107 Å². The zero-order valence-electron chi connectivity index (χ0n) is 53.3. The summed E-state index contributed by atoms with van der Waals surface area (Å²) in [4.78, 5) is 98.0. The van der Waals surface area contributed by atoms with Gasteiger partial charge in [0.05, 0.1) is 34.7 Å². The Morgan fingerprint density at radius 3 is 1.34 bits per heavy atom. The summed E-state index contributed by atoms with van der Waals surface area (Å²) in [5.74, 6) is 1.58. The van der Waals surface area contributed by atoms with Gasteiger partial charge in [0, 0.05) is 156 Å². The van der Waals surface area contributed by atoms with Gasteiger partial charge in [-0.05, 0) is 74.7 Å². The SMILES string of the molecule is CC(C)CCN1C(=O)C(CC(=O)N2CCC3(CC2)CNC(=O)c2ccccc2O3)SC1c1ccccc1N1CCN(C)CC1.CN1CCN(c2ccccc2C2SC(CC(=O)N3CCC4(CC3)CNC(=O)c3ccccc3O4)C(=O)N2CCC(C)(C)C)CC1.[HH].[HH]. The Balaban J connectivity index is 0.000000211. The van der Waals surface area contributed by atoms with Crippen molar-refractivity contribution in [2.45, 2.75) is 118 Å². The van der Waals surface area contributed by atoms with Crippen molar-refractivity contribution in [2.24, 2.45) is 11.3 Å². The Bertz CT molecular complexity index is 3210. The highest BCUT2D eigenvalue weighted by atomic mass is 32.2. The van der Waals surface area contributed by atoms with Gasteiger partial charge in [0.2, 0.25) is 23.6 Å². The van der Waals surface area contributed by atoms with Gasteiger partial charge < -0.3 is 59.3 Å². The number of amides is 6. The molecule has 8 heterocycles. The van der Waals surface area contributed by atoms with Crippen LogP contribution in [0.25, 0.3) is 0 Å². The van der Waals surface area contributed by atoms with Crippen molar-refractivity contribution in [1.82, 2.24) is 40.0 Å². The second-order valence-corrected chi connectivity index (χ2v) is 29.9. The molecule has 6 amide bonds. The molecular weight excluding hydrogens is 1160 g/mol. The molecule has 4 aromatic rings. The molecule has 12 rings (SSSR count). The number of fused-ring (bicyclic) bond motifs is 2. The van der Waals surface area contributed by atoms with Crippen LogP contribution < -0.4 is 29.9 Å². The summed E-state index contributed by atoms with van der Waals surface area (Å²) in [6.07, 6.45) is 4.70. The summed E-state index contributed by atoms with van der Waals surface area (Å²) in [6, 6.07) is 31.7. The van der Waals surface area contributed by atoms with E-state index in [1.54, 1.807) is 35.7 Å². The summed E-state index contributed by atoms with van der Waals surface area (Å²) < 4.78 is 12.9. The molecule has 0 aromatic heterocycles. The molecule has 0 bridgehead atoms. The molecule has 482 valence electrons. The number of anilines is 2. The van der Waals surface area contributed by atoms with Crippen LogP contribution in [0, 0.1) is 11.3 Å². The Labute approximate surface area is 538 Å². The fraction of sp³-hybridized carbons (Fsp3) is 0.565. The highest BCUT2D eigenvalue weighted by Gasteiger charge is 2.48. The molecule has 2 spiro atoms. The number of piperazine rings is 2. The summed E-state index contributed by atoms with van der Waals surface area (Å²) in [5.41, 5.74) is 4.83. The average Bonchev–Trinajstić information content (AvgIpc) is 1.76. The van der Waals surface area contributed by atoms with E-state index in [4.69, 9.17) is 9.47 Å². The van der Waals surface area contributed by atoms with Crippen molar-refractivity contribution in [2.75, 3.05) is 129 Å². The van der Waals surface area contributed by atoms with E-state index in [0.717, 1.165) is 70.8 Å². The van der Waals surface area contributed by atoms with E-state index >= 15 is 0 Å². The number of likely N-dealkylation sites (tertiary alicyclic amines) is 2. The number of likely N-dealkylation sites (N-methyl/N-ethyl adjacent to an activating group) is 2. The average molecular weight is 1260 g/mol. The van der Waals surface area contributed by atoms with Crippen LogP contribution in [0.15, 0.2) is 97.1 Å². The van der Waals surface area contributed by atoms with Crippen LogP contribution in [0.5, 0.6) is 11.5 Å². The first kappa shape index (κ1) is 64.1. The second-order valence-electron chi connectivity index (χ2n) is 27.3. The van der Waals surface area contributed by atoms with Crippen LogP contribution >= 0.6 is 23.5 Å². The molecule has 18 nitrogen and oxygen atoms in total. The number of carbonyl (C=O) groups is 6. The predicted molar refractivity (Wildman–Crippen MR) is 357 cm³/mol. The van der Waals surface area contributed by atoms with Crippen LogP contribution in [0.4, 0.5) is 11.4 Å². The van der Waals surface area contributed by atoms with Crippen molar-refractivity contribution in [3.8, 4) is 11.5 Å². The monoisotopic (exact) mass is 1260 g/mol. The second kappa shape index (κ2) is 27.5. The van der Waals surface area contributed by atoms with Gasteiger partial charge in [0.1, 0.15) is 33.4 Å². The van der Waals surface area contributed by atoms with Gasteiger partial charge in [-0.3, -0.25) is 28.8 Å². The molecule has 8 aliphatic heterocycles. The first-order valence-corrected chi connectivity index (χ1v) is 34.3. The maximum Gasteiger partial charge on any atom is 0.255 e. The molecule has 0 radical (unpaired) electrons. The predicted octanol–water partition coefficient (Wildman–Crippen LogP) is 8.88. The van der Waals surface area contributed by atoms with Gasteiger partial charge in [-0.1, -0.05) is 95.3 Å². The van der Waals surface area contributed by atoms with Crippen LogP contribution in [0.2, 0.25) is 0 Å². The Kier molecular flexibility index (Phi) is 19.8. The number of hydrogen-bond acceptors (Lipinski definition) is 14. The van der Waals surface area contributed by atoms with Crippen molar-refractivity contribution >= 4 is 70.3 Å². The molecule has 0 saturated carbocycles. The minimum atomic E-state index is -0.543. The number of piperidine rings is 2. The van der Waals surface area contributed by atoms with E-state index < -0.39 is 21.7 Å². The number of ether oxygens (including phenoxy) is 2.